The van der Waals surface area contributed by atoms with Crippen molar-refractivity contribution in [1.29, 1.82) is 0 Å². The minimum atomic E-state index is 0.0293. The molecular formula is C17H17BrN2O. The standard InChI is InChI=1S/C17H17BrN2O/c1-10-4-3-5-14(16(10)18)17(21)20-11(2)8-12-9-13(19)6-7-15(12)20/h3-7,9,11H,8,19H2,1-2H3. The summed E-state index contributed by atoms with van der Waals surface area (Å²) in [5.74, 6) is 0.0293. The van der Waals surface area contributed by atoms with Crippen LogP contribution < -0.4 is 10.6 Å². The van der Waals surface area contributed by atoms with Gasteiger partial charge in [-0.3, -0.25) is 4.79 Å². The van der Waals surface area contributed by atoms with Crippen LogP contribution in [0, 0.1) is 6.92 Å². The second-order valence-electron chi connectivity index (χ2n) is 5.55. The summed E-state index contributed by atoms with van der Waals surface area (Å²) in [6.07, 6.45) is 0.843. The molecule has 0 saturated carbocycles. The van der Waals surface area contributed by atoms with Crippen molar-refractivity contribution in [3.63, 3.8) is 0 Å². The molecule has 0 radical (unpaired) electrons. The number of nitrogens with two attached hydrogens (primary N) is 1. The Balaban J connectivity index is 2.05. The average molecular weight is 345 g/mol. The third kappa shape index (κ3) is 2.33. The molecule has 3 rings (SSSR count). The van der Waals surface area contributed by atoms with Crippen molar-refractivity contribution in [3.05, 3.63) is 57.6 Å². The van der Waals surface area contributed by atoms with Gasteiger partial charge in [-0.15, -0.1) is 0 Å². The number of hydrogen-bond acceptors (Lipinski definition) is 2. The molecule has 0 bridgehead atoms. The number of nitrogens with zero attached hydrogens (tertiary/aromatic N) is 1. The minimum Gasteiger partial charge on any atom is -0.399 e. The van der Waals surface area contributed by atoms with Crippen molar-refractivity contribution in [2.24, 2.45) is 0 Å². The van der Waals surface area contributed by atoms with E-state index in [0.717, 1.165) is 33.4 Å². The fraction of sp³-hybridized carbons (Fsp3) is 0.235. The number of rotatable bonds is 1. The molecule has 1 atom stereocenters. The summed E-state index contributed by atoms with van der Waals surface area (Å²) in [7, 11) is 0. The van der Waals surface area contributed by atoms with Gasteiger partial charge in [-0.1, -0.05) is 12.1 Å². The number of carbonyl (C=O) groups excluding carboxylic acids is 1. The van der Waals surface area contributed by atoms with E-state index < -0.39 is 0 Å². The van der Waals surface area contributed by atoms with Gasteiger partial charge in [0.05, 0.1) is 5.56 Å². The molecule has 0 aliphatic carbocycles. The number of benzene rings is 2. The molecule has 1 aliphatic rings. The summed E-state index contributed by atoms with van der Waals surface area (Å²) < 4.78 is 0.867. The van der Waals surface area contributed by atoms with Crippen LogP contribution in [0.15, 0.2) is 40.9 Å². The number of fused-ring (bicyclic) bond motifs is 1. The fourth-order valence-corrected chi connectivity index (χ4v) is 3.34. The zero-order valence-corrected chi connectivity index (χ0v) is 13.6. The highest BCUT2D eigenvalue weighted by Crippen LogP contribution is 2.35. The molecule has 0 saturated heterocycles. The van der Waals surface area contributed by atoms with Crippen LogP contribution in [0.3, 0.4) is 0 Å². The van der Waals surface area contributed by atoms with Crippen LogP contribution in [0.2, 0.25) is 0 Å². The van der Waals surface area contributed by atoms with Crippen LogP contribution in [-0.4, -0.2) is 11.9 Å². The van der Waals surface area contributed by atoms with Gasteiger partial charge in [0.1, 0.15) is 0 Å². The largest absolute Gasteiger partial charge is 0.399 e. The van der Waals surface area contributed by atoms with Crippen molar-refractivity contribution in [3.8, 4) is 0 Å². The number of nitrogen functional groups attached to an aromatic ring is 1. The van der Waals surface area contributed by atoms with E-state index in [0.29, 0.717) is 5.56 Å². The molecule has 2 aromatic carbocycles. The van der Waals surface area contributed by atoms with Crippen molar-refractivity contribution in [2.45, 2.75) is 26.3 Å². The normalized spacial score (nSPS) is 16.9. The number of carbonyl (C=O) groups is 1. The monoisotopic (exact) mass is 344 g/mol. The maximum Gasteiger partial charge on any atom is 0.259 e. The van der Waals surface area contributed by atoms with Crippen LogP contribution >= 0.6 is 15.9 Å². The summed E-state index contributed by atoms with van der Waals surface area (Å²) in [4.78, 5) is 14.8. The summed E-state index contributed by atoms with van der Waals surface area (Å²) >= 11 is 3.53. The van der Waals surface area contributed by atoms with Crippen molar-refractivity contribution >= 4 is 33.2 Å². The van der Waals surface area contributed by atoms with E-state index >= 15 is 0 Å². The first-order valence-electron chi connectivity index (χ1n) is 6.96. The molecule has 4 heteroatoms. The van der Waals surface area contributed by atoms with E-state index in [4.69, 9.17) is 5.73 Å². The van der Waals surface area contributed by atoms with Gasteiger partial charge in [-0.25, -0.2) is 0 Å². The Hall–Kier alpha value is -1.81. The number of halogens is 1. The van der Waals surface area contributed by atoms with E-state index in [-0.39, 0.29) is 11.9 Å². The molecule has 0 aromatic heterocycles. The van der Waals surface area contributed by atoms with Gasteiger partial charge >= 0.3 is 0 Å². The van der Waals surface area contributed by atoms with Crippen LogP contribution in [0.25, 0.3) is 0 Å². The van der Waals surface area contributed by atoms with E-state index in [9.17, 15) is 4.79 Å². The predicted molar refractivity (Wildman–Crippen MR) is 89.7 cm³/mol. The van der Waals surface area contributed by atoms with Crippen molar-refractivity contribution in [1.82, 2.24) is 0 Å². The van der Waals surface area contributed by atoms with Gasteiger partial charge < -0.3 is 10.6 Å². The quantitative estimate of drug-likeness (QED) is 0.796. The highest BCUT2D eigenvalue weighted by molar-refractivity contribution is 9.10. The van der Waals surface area contributed by atoms with Crippen LogP contribution in [0.4, 0.5) is 11.4 Å². The molecule has 0 fully saturated rings. The summed E-state index contributed by atoms with van der Waals surface area (Å²) in [6, 6.07) is 11.7. The zero-order chi connectivity index (χ0) is 15.1. The predicted octanol–water partition coefficient (Wildman–Crippen LogP) is 3.93. The fourth-order valence-electron chi connectivity index (χ4n) is 2.90. The summed E-state index contributed by atoms with van der Waals surface area (Å²) in [5.41, 5.74) is 10.5. The molecule has 108 valence electrons. The molecule has 1 unspecified atom stereocenters. The lowest BCUT2D eigenvalue weighted by molar-refractivity contribution is 0.0980. The Labute approximate surface area is 132 Å². The number of anilines is 2. The average Bonchev–Trinajstić information content (AvgIpc) is 2.76. The van der Waals surface area contributed by atoms with Crippen LogP contribution in [0.1, 0.15) is 28.4 Å². The molecule has 21 heavy (non-hydrogen) atoms. The molecule has 1 heterocycles. The Morgan fingerprint density at radius 3 is 2.86 bits per heavy atom. The lowest BCUT2D eigenvalue weighted by Gasteiger charge is -2.23. The van der Waals surface area contributed by atoms with E-state index in [1.165, 1.54) is 0 Å². The highest BCUT2D eigenvalue weighted by atomic mass is 79.9. The highest BCUT2D eigenvalue weighted by Gasteiger charge is 2.32. The maximum absolute atomic E-state index is 12.9. The van der Waals surface area contributed by atoms with E-state index in [1.54, 1.807) is 0 Å². The van der Waals surface area contributed by atoms with Gasteiger partial charge in [-0.2, -0.15) is 0 Å². The summed E-state index contributed by atoms with van der Waals surface area (Å²) in [6.45, 7) is 4.06. The minimum absolute atomic E-state index is 0.0293. The lowest BCUT2D eigenvalue weighted by Crippen LogP contribution is -2.36. The number of amides is 1. The second-order valence-corrected chi connectivity index (χ2v) is 6.35. The maximum atomic E-state index is 12.9. The molecule has 3 nitrogen and oxygen atoms in total. The Morgan fingerprint density at radius 2 is 2.10 bits per heavy atom. The Kier molecular flexibility index (Phi) is 3.49. The SMILES string of the molecule is Cc1cccc(C(=O)N2c3ccc(N)cc3CC2C)c1Br. The first-order chi connectivity index (χ1) is 9.99. The molecule has 1 amide bonds. The third-order valence-electron chi connectivity index (χ3n) is 3.96. The van der Waals surface area contributed by atoms with Gasteiger partial charge in [0.15, 0.2) is 0 Å². The number of aryl methyl sites for hydroxylation is 1. The lowest BCUT2D eigenvalue weighted by atomic mass is 10.1. The molecule has 2 aromatic rings. The van der Waals surface area contributed by atoms with Gasteiger partial charge in [-0.05, 0) is 71.6 Å². The second kappa shape index (κ2) is 5.19. The van der Waals surface area contributed by atoms with Crippen LogP contribution in [-0.2, 0) is 6.42 Å². The topological polar surface area (TPSA) is 46.3 Å². The van der Waals surface area contributed by atoms with E-state index in [1.807, 2.05) is 48.2 Å². The van der Waals surface area contributed by atoms with Gasteiger partial charge in [0.2, 0.25) is 0 Å². The van der Waals surface area contributed by atoms with Gasteiger partial charge in [0.25, 0.3) is 5.91 Å². The van der Waals surface area contributed by atoms with Crippen LogP contribution in [0.5, 0.6) is 0 Å². The first-order valence-corrected chi connectivity index (χ1v) is 7.75. The molecule has 1 aliphatic heterocycles. The molecule has 0 spiro atoms. The number of hydrogen-bond donors (Lipinski definition) is 1. The zero-order valence-electron chi connectivity index (χ0n) is 12.1. The van der Waals surface area contributed by atoms with Crippen molar-refractivity contribution in [2.75, 3.05) is 10.6 Å². The Bertz CT molecular complexity index is 727. The van der Waals surface area contributed by atoms with Crippen molar-refractivity contribution < 1.29 is 4.79 Å². The summed E-state index contributed by atoms with van der Waals surface area (Å²) in [5, 5.41) is 0. The molecule has 2 N–H and O–H groups in total. The smallest absolute Gasteiger partial charge is 0.259 e. The molecular weight excluding hydrogens is 328 g/mol. The van der Waals surface area contributed by atoms with E-state index in [2.05, 4.69) is 22.9 Å². The Morgan fingerprint density at radius 1 is 1.33 bits per heavy atom. The first kappa shape index (κ1) is 14.1. The third-order valence-corrected chi connectivity index (χ3v) is 5.01. The van der Waals surface area contributed by atoms with Gasteiger partial charge in [0, 0.05) is 21.9 Å².